The Labute approximate surface area is 92.8 Å². The van der Waals surface area contributed by atoms with Crippen LogP contribution in [-0.2, 0) is 9.53 Å². The molecule has 0 aromatic carbocycles. The van der Waals surface area contributed by atoms with Crippen molar-refractivity contribution in [2.24, 2.45) is 5.92 Å². The summed E-state index contributed by atoms with van der Waals surface area (Å²) in [6, 6.07) is 0. The molecule has 1 atom stereocenters. The first-order valence-electron chi connectivity index (χ1n) is 5.94. The van der Waals surface area contributed by atoms with Crippen LogP contribution in [0.1, 0.15) is 52.4 Å². The van der Waals surface area contributed by atoms with E-state index in [-0.39, 0.29) is 0 Å². The van der Waals surface area contributed by atoms with Crippen molar-refractivity contribution in [1.29, 1.82) is 0 Å². The third-order valence-electron chi connectivity index (χ3n) is 2.47. The number of hydrogen-bond donors (Lipinski definition) is 1. The average molecular weight is 216 g/mol. The molecule has 0 radical (unpaired) electrons. The maximum absolute atomic E-state index is 9.00. The Balaban J connectivity index is 0.000000423. The third kappa shape index (κ3) is 11.4. The zero-order valence-electron chi connectivity index (χ0n) is 10.00. The maximum atomic E-state index is 9.00. The topological polar surface area (TPSA) is 46.5 Å². The minimum atomic E-state index is -0.833. The molecule has 1 fully saturated rings. The van der Waals surface area contributed by atoms with Crippen molar-refractivity contribution in [1.82, 2.24) is 0 Å². The maximum Gasteiger partial charge on any atom is 0.300 e. The molecule has 3 nitrogen and oxygen atoms in total. The van der Waals surface area contributed by atoms with Gasteiger partial charge in [-0.1, -0.05) is 26.2 Å². The molecule has 15 heavy (non-hydrogen) atoms. The van der Waals surface area contributed by atoms with E-state index in [1.807, 2.05) is 0 Å². The number of carboxylic acids is 1. The standard InChI is InChI=1S/C10H20O.C2H4O2/c1-2-3-4-6-10-7-5-8-11-9-10;1-2(3)4/h10H,2-9H2,1H3;1H3,(H,3,4). The quantitative estimate of drug-likeness (QED) is 0.734. The number of carboxylic acid groups (broad SMARTS) is 1. The van der Waals surface area contributed by atoms with Gasteiger partial charge in [0, 0.05) is 20.1 Å². The number of aliphatic carboxylic acids is 1. The molecule has 1 N–H and O–H groups in total. The monoisotopic (exact) mass is 216 g/mol. The van der Waals surface area contributed by atoms with Crippen LogP contribution in [0.3, 0.4) is 0 Å². The molecule has 1 rings (SSSR count). The number of rotatable bonds is 4. The van der Waals surface area contributed by atoms with Gasteiger partial charge >= 0.3 is 0 Å². The fraction of sp³-hybridized carbons (Fsp3) is 0.917. The van der Waals surface area contributed by atoms with Crippen LogP contribution in [0.4, 0.5) is 0 Å². The average Bonchev–Trinajstić information content (AvgIpc) is 2.19. The lowest BCUT2D eigenvalue weighted by Gasteiger charge is -2.21. The predicted molar refractivity (Wildman–Crippen MR) is 61.0 cm³/mol. The van der Waals surface area contributed by atoms with Crippen LogP contribution in [0.2, 0.25) is 0 Å². The zero-order chi connectivity index (χ0) is 11.5. The molecule has 0 aromatic rings. The van der Waals surface area contributed by atoms with Gasteiger partial charge in [0.05, 0.1) is 0 Å². The van der Waals surface area contributed by atoms with Crippen LogP contribution >= 0.6 is 0 Å². The molecule has 1 heterocycles. The van der Waals surface area contributed by atoms with E-state index < -0.39 is 5.97 Å². The van der Waals surface area contributed by atoms with Gasteiger partial charge in [-0.15, -0.1) is 0 Å². The molecule has 1 saturated heterocycles. The molecule has 0 saturated carbocycles. The largest absolute Gasteiger partial charge is 0.481 e. The molecule has 1 aliphatic rings. The number of carbonyl (C=O) groups is 1. The van der Waals surface area contributed by atoms with Crippen molar-refractivity contribution >= 4 is 5.97 Å². The molecule has 0 amide bonds. The summed E-state index contributed by atoms with van der Waals surface area (Å²) < 4.78 is 5.41. The molecule has 90 valence electrons. The van der Waals surface area contributed by atoms with Crippen LogP contribution in [0.25, 0.3) is 0 Å². The van der Waals surface area contributed by atoms with E-state index in [1.54, 1.807) is 0 Å². The van der Waals surface area contributed by atoms with Crippen molar-refractivity contribution in [2.75, 3.05) is 13.2 Å². The Morgan fingerprint density at radius 1 is 1.47 bits per heavy atom. The summed E-state index contributed by atoms with van der Waals surface area (Å²) >= 11 is 0. The fourth-order valence-corrected chi connectivity index (χ4v) is 1.72. The summed E-state index contributed by atoms with van der Waals surface area (Å²) in [6.07, 6.45) is 8.24. The summed E-state index contributed by atoms with van der Waals surface area (Å²) in [4.78, 5) is 9.00. The predicted octanol–water partition coefficient (Wildman–Crippen LogP) is 3.08. The summed E-state index contributed by atoms with van der Waals surface area (Å²) in [5.74, 6) is 0.0512. The van der Waals surface area contributed by atoms with Gasteiger partial charge in [-0.25, -0.2) is 0 Å². The third-order valence-corrected chi connectivity index (χ3v) is 2.47. The summed E-state index contributed by atoms with van der Waals surface area (Å²) in [5.41, 5.74) is 0. The Bertz CT molecular complexity index is 147. The van der Waals surface area contributed by atoms with E-state index in [9.17, 15) is 0 Å². The Hall–Kier alpha value is -0.570. The van der Waals surface area contributed by atoms with E-state index >= 15 is 0 Å². The normalized spacial score (nSPS) is 20.3. The van der Waals surface area contributed by atoms with Crippen molar-refractivity contribution in [3.05, 3.63) is 0 Å². The highest BCUT2D eigenvalue weighted by Crippen LogP contribution is 2.19. The molecular weight excluding hydrogens is 192 g/mol. The van der Waals surface area contributed by atoms with Gasteiger partial charge < -0.3 is 9.84 Å². The lowest BCUT2D eigenvalue weighted by Crippen LogP contribution is -2.16. The fourth-order valence-electron chi connectivity index (χ4n) is 1.72. The first-order valence-corrected chi connectivity index (χ1v) is 5.94. The van der Waals surface area contributed by atoms with Crippen molar-refractivity contribution in [3.8, 4) is 0 Å². The molecule has 0 spiro atoms. The van der Waals surface area contributed by atoms with Crippen LogP contribution in [0.5, 0.6) is 0 Å². The zero-order valence-corrected chi connectivity index (χ0v) is 10.00. The second-order valence-electron chi connectivity index (χ2n) is 4.10. The minimum Gasteiger partial charge on any atom is -0.481 e. The van der Waals surface area contributed by atoms with E-state index in [4.69, 9.17) is 14.6 Å². The van der Waals surface area contributed by atoms with Gasteiger partial charge in [0.2, 0.25) is 0 Å². The van der Waals surface area contributed by atoms with Gasteiger partial charge in [0.1, 0.15) is 0 Å². The number of hydrogen-bond acceptors (Lipinski definition) is 2. The van der Waals surface area contributed by atoms with E-state index in [1.165, 1.54) is 38.5 Å². The second-order valence-corrected chi connectivity index (χ2v) is 4.10. The molecular formula is C12H24O3. The minimum absolute atomic E-state index is 0.833. The van der Waals surface area contributed by atoms with Gasteiger partial charge in [-0.05, 0) is 25.2 Å². The number of ether oxygens (including phenoxy) is 1. The molecule has 1 aliphatic heterocycles. The highest BCUT2D eigenvalue weighted by molar-refractivity contribution is 5.62. The molecule has 0 aliphatic carbocycles. The van der Waals surface area contributed by atoms with Crippen LogP contribution < -0.4 is 0 Å². The first-order chi connectivity index (χ1) is 7.16. The summed E-state index contributed by atoms with van der Waals surface area (Å²) in [5, 5.41) is 7.42. The van der Waals surface area contributed by atoms with Crippen molar-refractivity contribution in [3.63, 3.8) is 0 Å². The summed E-state index contributed by atoms with van der Waals surface area (Å²) in [7, 11) is 0. The van der Waals surface area contributed by atoms with Crippen molar-refractivity contribution in [2.45, 2.75) is 52.4 Å². The lowest BCUT2D eigenvalue weighted by atomic mass is 9.96. The smallest absolute Gasteiger partial charge is 0.300 e. The first kappa shape index (κ1) is 14.4. The van der Waals surface area contributed by atoms with Crippen LogP contribution in [0.15, 0.2) is 0 Å². The molecule has 0 bridgehead atoms. The van der Waals surface area contributed by atoms with Crippen LogP contribution in [0, 0.1) is 5.92 Å². The highest BCUT2D eigenvalue weighted by atomic mass is 16.5. The molecule has 0 aromatic heterocycles. The SMILES string of the molecule is CC(=O)O.CCCCCC1CCCOC1. The Morgan fingerprint density at radius 2 is 2.13 bits per heavy atom. The number of unbranched alkanes of at least 4 members (excludes halogenated alkanes) is 2. The highest BCUT2D eigenvalue weighted by Gasteiger charge is 2.12. The van der Waals surface area contributed by atoms with E-state index in [2.05, 4.69) is 6.92 Å². The molecule has 3 heteroatoms. The molecule has 1 unspecified atom stereocenters. The van der Waals surface area contributed by atoms with Gasteiger partial charge in [-0.3, -0.25) is 4.79 Å². The second kappa shape index (κ2) is 9.97. The Morgan fingerprint density at radius 3 is 2.60 bits per heavy atom. The van der Waals surface area contributed by atoms with Gasteiger partial charge in [-0.2, -0.15) is 0 Å². The van der Waals surface area contributed by atoms with Gasteiger partial charge in [0.15, 0.2) is 0 Å². The van der Waals surface area contributed by atoms with Crippen LogP contribution in [-0.4, -0.2) is 24.3 Å². The lowest BCUT2D eigenvalue weighted by molar-refractivity contribution is -0.134. The summed E-state index contributed by atoms with van der Waals surface area (Å²) in [6.45, 7) is 5.38. The van der Waals surface area contributed by atoms with Crippen molar-refractivity contribution < 1.29 is 14.6 Å². The Kier molecular flexibility index (Phi) is 9.59. The van der Waals surface area contributed by atoms with Gasteiger partial charge in [0.25, 0.3) is 5.97 Å². The van der Waals surface area contributed by atoms with E-state index in [0.717, 1.165) is 26.1 Å². The van der Waals surface area contributed by atoms with E-state index in [0.29, 0.717) is 0 Å².